The molecule has 0 aromatic heterocycles. The second-order valence-electron chi connectivity index (χ2n) is 4.85. The van der Waals surface area contributed by atoms with Crippen molar-refractivity contribution in [2.24, 2.45) is 0 Å². The highest BCUT2D eigenvalue weighted by Crippen LogP contribution is 2.10. The van der Waals surface area contributed by atoms with Crippen LogP contribution in [0.25, 0.3) is 0 Å². The molecule has 0 heterocycles. The molecule has 0 saturated heterocycles. The predicted octanol–water partition coefficient (Wildman–Crippen LogP) is 1.78. The van der Waals surface area contributed by atoms with E-state index < -0.39 is 5.91 Å². The molecule has 2 aromatic rings. The maximum Gasteiger partial charge on any atom is 0.252 e. The molecule has 124 valence electrons. The number of hydrogen-bond acceptors (Lipinski definition) is 3. The molecule has 0 aliphatic carbocycles. The highest BCUT2D eigenvalue weighted by Gasteiger charge is 2.11. The van der Waals surface area contributed by atoms with E-state index >= 15 is 0 Å². The number of carbonyl (C=O) groups excluding carboxylic acids is 3. The van der Waals surface area contributed by atoms with E-state index in [9.17, 15) is 14.4 Å². The summed E-state index contributed by atoms with van der Waals surface area (Å²) in [5.74, 6) is -1.10. The molecule has 2 aromatic carbocycles. The fourth-order valence-corrected chi connectivity index (χ4v) is 2.50. The molecule has 0 atom stereocenters. The lowest BCUT2D eigenvalue weighted by atomic mass is 10.2. The number of para-hydroxylation sites is 1. The maximum atomic E-state index is 12.0. The molecule has 0 unspecified atom stereocenters. The van der Waals surface area contributed by atoms with E-state index in [0.717, 1.165) is 3.57 Å². The van der Waals surface area contributed by atoms with Crippen LogP contribution < -0.4 is 16.0 Å². The first-order valence-electron chi connectivity index (χ1n) is 7.20. The van der Waals surface area contributed by atoms with Crippen LogP contribution in [0.2, 0.25) is 0 Å². The normalized spacial score (nSPS) is 9.88. The second kappa shape index (κ2) is 9.02. The molecule has 3 N–H and O–H groups in total. The first-order valence-corrected chi connectivity index (χ1v) is 8.28. The zero-order chi connectivity index (χ0) is 17.4. The van der Waals surface area contributed by atoms with Gasteiger partial charge in [-0.15, -0.1) is 0 Å². The van der Waals surface area contributed by atoms with E-state index in [1.165, 1.54) is 0 Å². The average molecular weight is 437 g/mol. The minimum absolute atomic E-state index is 0.160. The van der Waals surface area contributed by atoms with Crippen LogP contribution in [0.1, 0.15) is 10.4 Å². The fraction of sp³-hybridized carbons (Fsp3) is 0.118. The van der Waals surface area contributed by atoms with Gasteiger partial charge in [0.2, 0.25) is 11.8 Å². The van der Waals surface area contributed by atoms with Gasteiger partial charge in [0.05, 0.1) is 18.7 Å². The van der Waals surface area contributed by atoms with Crippen molar-refractivity contribution in [3.05, 3.63) is 63.7 Å². The van der Waals surface area contributed by atoms with Crippen LogP contribution in [0.3, 0.4) is 0 Å². The topological polar surface area (TPSA) is 87.3 Å². The molecular weight excluding hydrogens is 421 g/mol. The van der Waals surface area contributed by atoms with Crippen molar-refractivity contribution in [3.63, 3.8) is 0 Å². The van der Waals surface area contributed by atoms with Gasteiger partial charge in [0, 0.05) is 9.26 Å². The van der Waals surface area contributed by atoms with Crippen LogP contribution in [-0.4, -0.2) is 30.8 Å². The van der Waals surface area contributed by atoms with Gasteiger partial charge < -0.3 is 16.0 Å². The van der Waals surface area contributed by atoms with E-state index in [2.05, 4.69) is 38.5 Å². The Hall–Kier alpha value is -2.42. The Balaban J connectivity index is 1.72. The number of anilines is 1. The number of benzene rings is 2. The molecule has 6 nitrogen and oxygen atoms in total. The van der Waals surface area contributed by atoms with Gasteiger partial charge in [-0.1, -0.05) is 30.3 Å². The Morgan fingerprint density at radius 2 is 1.42 bits per heavy atom. The highest BCUT2D eigenvalue weighted by molar-refractivity contribution is 14.1. The zero-order valence-electron chi connectivity index (χ0n) is 12.7. The highest BCUT2D eigenvalue weighted by atomic mass is 127. The van der Waals surface area contributed by atoms with Gasteiger partial charge in [-0.05, 0) is 46.9 Å². The van der Waals surface area contributed by atoms with E-state index in [4.69, 9.17) is 0 Å². The minimum atomic E-state index is -0.433. The first kappa shape index (κ1) is 17.9. The minimum Gasteiger partial charge on any atom is -0.345 e. The standard InChI is InChI=1S/C17H16IN3O3/c18-14-9-5-4-8-13(14)17(24)20-10-15(22)19-11-16(23)21-12-6-2-1-3-7-12/h1-9H,10-11H2,(H,19,22)(H,20,24)(H,21,23). The third-order valence-electron chi connectivity index (χ3n) is 3.03. The van der Waals surface area contributed by atoms with Crippen molar-refractivity contribution in [3.8, 4) is 0 Å². The van der Waals surface area contributed by atoms with Gasteiger partial charge in [0.25, 0.3) is 5.91 Å². The quantitative estimate of drug-likeness (QED) is 0.603. The zero-order valence-corrected chi connectivity index (χ0v) is 14.9. The van der Waals surface area contributed by atoms with E-state index in [0.29, 0.717) is 11.3 Å². The van der Waals surface area contributed by atoms with Crippen molar-refractivity contribution in [1.82, 2.24) is 10.6 Å². The molecule has 0 aliphatic rings. The van der Waals surface area contributed by atoms with Crippen LogP contribution in [0.4, 0.5) is 5.69 Å². The summed E-state index contributed by atoms with van der Waals surface area (Å²) in [6.07, 6.45) is 0. The summed E-state index contributed by atoms with van der Waals surface area (Å²) in [6.45, 7) is -0.352. The summed E-state index contributed by atoms with van der Waals surface area (Å²) in [7, 11) is 0. The van der Waals surface area contributed by atoms with Crippen LogP contribution in [0.15, 0.2) is 54.6 Å². The molecule has 2 rings (SSSR count). The Bertz CT molecular complexity index is 735. The Morgan fingerprint density at radius 3 is 2.12 bits per heavy atom. The van der Waals surface area contributed by atoms with Crippen molar-refractivity contribution in [2.75, 3.05) is 18.4 Å². The SMILES string of the molecule is O=C(CNC(=O)c1ccccc1I)NCC(=O)Nc1ccccc1. The van der Waals surface area contributed by atoms with Gasteiger partial charge >= 0.3 is 0 Å². The number of nitrogens with one attached hydrogen (secondary N) is 3. The van der Waals surface area contributed by atoms with Crippen molar-refractivity contribution < 1.29 is 14.4 Å². The molecule has 0 aliphatic heterocycles. The third-order valence-corrected chi connectivity index (χ3v) is 3.97. The smallest absolute Gasteiger partial charge is 0.252 e. The molecular formula is C17H16IN3O3. The van der Waals surface area contributed by atoms with E-state index in [-0.39, 0.29) is 24.9 Å². The predicted molar refractivity (Wildman–Crippen MR) is 99.6 cm³/mol. The molecule has 3 amide bonds. The molecule has 24 heavy (non-hydrogen) atoms. The van der Waals surface area contributed by atoms with Crippen molar-refractivity contribution in [2.45, 2.75) is 0 Å². The number of rotatable bonds is 6. The largest absolute Gasteiger partial charge is 0.345 e. The summed E-state index contributed by atoms with van der Waals surface area (Å²) in [4.78, 5) is 35.4. The fourth-order valence-electron chi connectivity index (χ4n) is 1.87. The summed E-state index contributed by atoms with van der Waals surface area (Å²) >= 11 is 2.05. The lowest BCUT2D eigenvalue weighted by Gasteiger charge is -2.08. The number of halogens is 1. The lowest BCUT2D eigenvalue weighted by molar-refractivity contribution is -0.123. The van der Waals surface area contributed by atoms with Gasteiger partial charge in [-0.25, -0.2) is 0 Å². The number of amides is 3. The van der Waals surface area contributed by atoms with E-state index in [1.807, 2.05) is 18.2 Å². The van der Waals surface area contributed by atoms with Crippen LogP contribution in [0.5, 0.6) is 0 Å². The molecule has 7 heteroatoms. The number of hydrogen-bond donors (Lipinski definition) is 3. The molecule has 0 bridgehead atoms. The molecule has 0 fully saturated rings. The van der Waals surface area contributed by atoms with E-state index in [1.54, 1.807) is 36.4 Å². The van der Waals surface area contributed by atoms with Gasteiger partial charge in [-0.2, -0.15) is 0 Å². The monoisotopic (exact) mass is 437 g/mol. The second-order valence-corrected chi connectivity index (χ2v) is 6.02. The van der Waals surface area contributed by atoms with Gasteiger partial charge in [0.1, 0.15) is 0 Å². The summed E-state index contributed by atoms with van der Waals surface area (Å²) in [6, 6.07) is 16.0. The Kier molecular flexibility index (Phi) is 6.74. The maximum absolute atomic E-state index is 12.0. The van der Waals surface area contributed by atoms with Crippen LogP contribution in [0, 0.1) is 3.57 Å². The Morgan fingerprint density at radius 1 is 0.792 bits per heavy atom. The summed E-state index contributed by atoms with van der Waals surface area (Å²) in [5, 5.41) is 7.64. The number of carbonyl (C=O) groups is 3. The van der Waals surface area contributed by atoms with Crippen molar-refractivity contribution >= 4 is 46.0 Å². The third kappa shape index (κ3) is 5.65. The molecule has 0 radical (unpaired) electrons. The Labute approximate surface area is 153 Å². The van der Waals surface area contributed by atoms with Gasteiger partial charge in [-0.3, -0.25) is 14.4 Å². The summed E-state index contributed by atoms with van der Waals surface area (Å²) < 4.78 is 0.801. The molecule has 0 saturated carbocycles. The van der Waals surface area contributed by atoms with Crippen molar-refractivity contribution in [1.29, 1.82) is 0 Å². The van der Waals surface area contributed by atoms with Crippen LogP contribution >= 0.6 is 22.6 Å². The van der Waals surface area contributed by atoms with Gasteiger partial charge in [0.15, 0.2) is 0 Å². The summed E-state index contributed by atoms with van der Waals surface area (Å²) in [5.41, 5.74) is 1.16. The molecule has 0 spiro atoms. The average Bonchev–Trinajstić information content (AvgIpc) is 2.59. The lowest BCUT2D eigenvalue weighted by Crippen LogP contribution is -2.40. The first-order chi connectivity index (χ1) is 11.6. The van der Waals surface area contributed by atoms with Crippen LogP contribution in [-0.2, 0) is 9.59 Å².